The number of carbonyl (C=O) groups excluding carboxylic acids is 2. The highest BCUT2D eigenvalue weighted by Crippen LogP contribution is 2.22. The minimum atomic E-state index is -0.191. The third-order valence-corrected chi connectivity index (χ3v) is 5.98. The van der Waals surface area contributed by atoms with Crippen LogP contribution in [0.2, 0.25) is 0 Å². The first-order chi connectivity index (χ1) is 15.6. The summed E-state index contributed by atoms with van der Waals surface area (Å²) in [5, 5.41) is 3.54. The highest BCUT2D eigenvalue weighted by Gasteiger charge is 2.13. The van der Waals surface area contributed by atoms with E-state index in [1.54, 1.807) is 30.7 Å². The number of ketones is 1. The van der Waals surface area contributed by atoms with Crippen molar-refractivity contribution in [2.75, 3.05) is 5.75 Å². The number of thioether (sulfide) groups is 1. The van der Waals surface area contributed by atoms with Crippen molar-refractivity contribution < 1.29 is 14.0 Å². The van der Waals surface area contributed by atoms with Crippen molar-refractivity contribution >= 4 is 23.5 Å². The number of carbonyl (C=O) groups is 2. The Kier molecular flexibility index (Phi) is 6.87. The highest BCUT2D eigenvalue weighted by molar-refractivity contribution is 7.99. The predicted molar refractivity (Wildman–Crippen MR) is 124 cm³/mol. The Morgan fingerprint density at radius 2 is 1.91 bits per heavy atom. The van der Waals surface area contributed by atoms with Gasteiger partial charge in [-0.15, -0.1) is 0 Å². The molecule has 0 aliphatic rings. The van der Waals surface area contributed by atoms with Crippen molar-refractivity contribution in [1.82, 2.24) is 14.9 Å². The summed E-state index contributed by atoms with van der Waals surface area (Å²) in [5.74, 6) is 0.838. The second-order valence-electron chi connectivity index (χ2n) is 7.15. The molecule has 0 aliphatic carbocycles. The number of aryl methyl sites for hydroxylation is 1. The lowest BCUT2D eigenvalue weighted by molar-refractivity contribution is 0.0947. The van der Waals surface area contributed by atoms with E-state index in [0.29, 0.717) is 28.6 Å². The lowest BCUT2D eigenvalue weighted by Gasteiger charge is -2.10. The van der Waals surface area contributed by atoms with Crippen LogP contribution in [0.25, 0.3) is 5.69 Å². The molecule has 2 aromatic heterocycles. The molecule has 7 heteroatoms. The normalized spacial score (nSPS) is 10.8. The molecular formula is C25H23N3O3S. The number of hydrogen-bond acceptors (Lipinski definition) is 5. The van der Waals surface area contributed by atoms with Crippen LogP contribution in [-0.2, 0) is 13.0 Å². The summed E-state index contributed by atoms with van der Waals surface area (Å²) in [6.07, 6.45) is 6.03. The quantitative estimate of drug-likeness (QED) is 0.292. The van der Waals surface area contributed by atoms with E-state index in [9.17, 15) is 9.59 Å². The lowest BCUT2D eigenvalue weighted by Crippen LogP contribution is -2.22. The zero-order valence-corrected chi connectivity index (χ0v) is 18.5. The minimum absolute atomic E-state index is 0.0539. The number of rotatable bonds is 9. The maximum absolute atomic E-state index is 12.6. The van der Waals surface area contributed by atoms with Crippen LogP contribution in [0.15, 0.2) is 88.9 Å². The van der Waals surface area contributed by atoms with Crippen LogP contribution >= 0.6 is 11.8 Å². The molecule has 0 atom stereocenters. The second-order valence-corrected chi connectivity index (χ2v) is 8.10. The van der Waals surface area contributed by atoms with Gasteiger partial charge >= 0.3 is 0 Å². The summed E-state index contributed by atoms with van der Waals surface area (Å²) >= 11 is 1.37. The van der Waals surface area contributed by atoms with Gasteiger partial charge in [0.25, 0.3) is 5.91 Å². The number of aromatic nitrogens is 2. The Labute approximate surface area is 190 Å². The molecule has 0 saturated heterocycles. The number of nitrogens with zero attached hydrogens (tertiary/aromatic N) is 2. The topological polar surface area (TPSA) is 77.1 Å². The summed E-state index contributed by atoms with van der Waals surface area (Å²) in [5.41, 5.74) is 3.24. The van der Waals surface area contributed by atoms with Crippen LogP contribution in [-0.4, -0.2) is 27.0 Å². The van der Waals surface area contributed by atoms with Crippen molar-refractivity contribution in [3.05, 3.63) is 102 Å². The van der Waals surface area contributed by atoms with Gasteiger partial charge in [-0.3, -0.25) is 14.2 Å². The van der Waals surface area contributed by atoms with Crippen LogP contribution in [0.1, 0.15) is 39.0 Å². The molecule has 0 spiro atoms. The van der Waals surface area contributed by atoms with Gasteiger partial charge in [-0.25, -0.2) is 4.98 Å². The fraction of sp³-hybridized carbons (Fsp3) is 0.160. The van der Waals surface area contributed by atoms with Crippen molar-refractivity contribution in [3.63, 3.8) is 0 Å². The average molecular weight is 446 g/mol. The van der Waals surface area contributed by atoms with E-state index in [1.165, 1.54) is 17.3 Å². The molecule has 4 aromatic rings. The maximum atomic E-state index is 12.6. The molecule has 2 heterocycles. The number of Topliss-reactive ketones (excluding diaryl/α,β-unsaturated/α-hetero) is 1. The van der Waals surface area contributed by atoms with Gasteiger partial charge in [0, 0.05) is 29.2 Å². The fourth-order valence-corrected chi connectivity index (χ4v) is 4.08. The van der Waals surface area contributed by atoms with Gasteiger partial charge in [0.1, 0.15) is 5.76 Å². The molecule has 4 rings (SSSR count). The number of imidazole rings is 1. The molecule has 0 unspecified atom stereocenters. The Hall–Kier alpha value is -3.58. The number of hydrogen-bond donors (Lipinski definition) is 1. The number of amides is 1. The molecule has 0 radical (unpaired) electrons. The summed E-state index contributed by atoms with van der Waals surface area (Å²) in [6.45, 7) is 2.41. The van der Waals surface area contributed by atoms with Crippen LogP contribution in [0.3, 0.4) is 0 Å². The monoisotopic (exact) mass is 445 g/mol. The molecule has 6 nitrogen and oxygen atoms in total. The molecule has 32 heavy (non-hydrogen) atoms. The van der Waals surface area contributed by atoms with Crippen molar-refractivity contribution in [2.24, 2.45) is 0 Å². The molecule has 162 valence electrons. The molecule has 1 amide bonds. The smallest absolute Gasteiger partial charge is 0.251 e. The molecule has 0 bridgehead atoms. The Morgan fingerprint density at radius 1 is 1.06 bits per heavy atom. The van der Waals surface area contributed by atoms with Gasteiger partial charge in [-0.05, 0) is 42.3 Å². The van der Waals surface area contributed by atoms with Gasteiger partial charge in [0.15, 0.2) is 10.9 Å². The van der Waals surface area contributed by atoms with E-state index in [-0.39, 0.29) is 17.4 Å². The SMILES string of the molecule is CCc1ccc(C(=O)CSc2nccn2-c2cccc(C(=O)NCc3ccco3)c2)cc1. The van der Waals surface area contributed by atoms with E-state index in [0.717, 1.165) is 12.1 Å². The first-order valence-electron chi connectivity index (χ1n) is 10.3. The third-order valence-electron chi connectivity index (χ3n) is 5.01. The number of benzene rings is 2. The van der Waals surface area contributed by atoms with Gasteiger partial charge in [0.2, 0.25) is 0 Å². The third kappa shape index (κ3) is 5.18. The van der Waals surface area contributed by atoms with Gasteiger partial charge in [0.05, 0.1) is 18.6 Å². The highest BCUT2D eigenvalue weighted by atomic mass is 32.2. The van der Waals surface area contributed by atoms with E-state index in [4.69, 9.17) is 4.42 Å². The van der Waals surface area contributed by atoms with Crippen LogP contribution in [0.5, 0.6) is 0 Å². The van der Waals surface area contributed by atoms with E-state index in [2.05, 4.69) is 17.2 Å². The van der Waals surface area contributed by atoms with Gasteiger partial charge < -0.3 is 9.73 Å². The van der Waals surface area contributed by atoms with Crippen molar-refractivity contribution in [1.29, 1.82) is 0 Å². The predicted octanol–water partition coefficient (Wildman–Crippen LogP) is 4.93. The molecule has 0 fully saturated rings. The van der Waals surface area contributed by atoms with Gasteiger partial charge in [-0.2, -0.15) is 0 Å². The van der Waals surface area contributed by atoms with Crippen LogP contribution in [0, 0.1) is 0 Å². The summed E-state index contributed by atoms with van der Waals surface area (Å²) in [7, 11) is 0. The largest absolute Gasteiger partial charge is 0.467 e. The fourth-order valence-electron chi connectivity index (χ4n) is 3.21. The summed E-state index contributed by atoms with van der Waals surface area (Å²) < 4.78 is 7.13. The maximum Gasteiger partial charge on any atom is 0.251 e. The Morgan fingerprint density at radius 3 is 2.66 bits per heavy atom. The van der Waals surface area contributed by atoms with E-state index >= 15 is 0 Å². The van der Waals surface area contributed by atoms with Crippen LogP contribution in [0.4, 0.5) is 0 Å². The zero-order chi connectivity index (χ0) is 22.3. The standard InChI is InChI=1S/C25H23N3O3S/c1-2-18-8-10-19(11-9-18)23(29)17-32-25-26-12-13-28(25)21-6-3-5-20(15-21)24(30)27-16-22-7-4-14-31-22/h3-15H,2,16-17H2,1H3,(H,27,30). The zero-order valence-electron chi connectivity index (χ0n) is 17.7. The molecule has 0 saturated carbocycles. The molecule has 2 aromatic carbocycles. The summed E-state index contributed by atoms with van der Waals surface area (Å²) in [6, 6.07) is 18.6. The number of furan rings is 1. The van der Waals surface area contributed by atoms with Gasteiger partial charge in [-0.1, -0.05) is 49.0 Å². The second kappa shape index (κ2) is 10.2. The van der Waals surface area contributed by atoms with Crippen molar-refractivity contribution in [3.8, 4) is 5.69 Å². The molecular weight excluding hydrogens is 422 g/mol. The minimum Gasteiger partial charge on any atom is -0.467 e. The van der Waals surface area contributed by atoms with E-state index < -0.39 is 0 Å². The Balaban J connectivity index is 1.42. The van der Waals surface area contributed by atoms with E-state index in [1.807, 2.05) is 53.2 Å². The average Bonchev–Trinajstić information content (AvgIpc) is 3.53. The van der Waals surface area contributed by atoms with Crippen molar-refractivity contribution in [2.45, 2.75) is 25.0 Å². The molecule has 1 N–H and O–H groups in total. The number of nitrogens with one attached hydrogen (secondary N) is 1. The lowest BCUT2D eigenvalue weighted by atomic mass is 10.1. The Bertz CT molecular complexity index is 1200. The van der Waals surface area contributed by atoms with Crippen LogP contribution < -0.4 is 5.32 Å². The molecule has 0 aliphatic heterocycles. The summed E-state index contributed by atoms with van der Waals surface area (Å²) in [4.78, 5) is 29.5. The first-order valence-corrected chi connectivity index (χ1v) is 11.3. The first kappa shape index (κ1) is 21.6.